The number of carbonyl (C=O) groups is 2. The van der Waals surface area contributed by atoms with E-state index in [4.69, 9.17) is 14.9 Å². The number of nitrogens with one attached hydrogen (secondary N) is 2. The first-order valence-electron chi connectivity index (χ1n) is 4.75. The van der Waals surface area contributed by atoms with Crippen LogP contribution in [0.1, 0.15) is 13.8 Å². The number of aliphatic carboxylic acids is 1. The number of aliphatic hydroxyl groups is 1. The maximum absolute atomic E-state index is 11.2. The molecular weight excluding hydrogens is 216 g/mol. The van der Waals surface area contributed by atoms with Gasteiger partial charge in [0.15, 0.2) is 6.04 Å². The van der Waals surface area contributed by atoms with Gasteiger partial charge in [-0.05, 0) is 13.8 Å². The summed E-state index contributed by atoms with van der Waals surface area (Å²) >= 11 is 0. The number of urea groups is 1. The SMILES string of the molecule is COC(C)(C)CNC(=O)N[C@H](CO)C(=O)O. The Bertz CT molecular complexity index is 254. The molecule has 0 saturated carbocycles. The molecule has 0 unspecified atom stereocenters. The summed E-state index contributed by atoms with van der Waals surface area (Å²) in [4.78, 5) is 21.7. The molecule has 0 aromatic heterocycles. The summed E-state index contributed by atoms with van der Waals surface area (Å²) in [6, 6.07) is -1.96. The lowest BCUT2D eigenvalue weighted by Gasteiger charge is -2.23. The topological polar surface area (TPSA) is 108 Å². The summed E-state index contributed by atoms with van der Waals surface area (Å²) in [6.07, 6.45) is 0. The van der Waals surface area contributed by atoms with Gasteiger partial charge in [-0.2, -0.15) is 0 Å². The molecule has 0 spiro atoms. The van der Waals surface area contributed by atoms with Gasteiger partial charge in [-0.3, -0.25) is 0 Å². The molecule has 0 aliphatic carbocycles. The van der Waals surface area contributed by atoms with Crippen LogP contribution in [0.2, 0.25) is 0 Å². The van der Waals surface area contributed by atoms with Crippen LogP contribution in [0.15, 0.2) is 0 Å². The number of carboxylic acids is 1. The number of amides is 2. The van der Waals surface area contributed by atoms with Crippen molar-refractivity contribution in [3.8, 4) is 0 Å². The maximum Gasteiger partial charge on any atom is 0.328 e. The number of carbonyl (C=O) groups excluding carboxylic acids is 1. The van der Waals surface area contributed by atoms with Gasteiger partial charge < -0.3 is 25.6 Å². The molecule has 94 valence electrons. The molecule has 16 heavy (non-hydrogen) atoms. The molecule has 0 aliphatic heterocycles. The van der Waals surface area contributed by atoms with E-state index in [0.29, 0.717) is 0 Å². The number of hydrogen-bond acceptors (Lipinski definition) is 4. The minimum absolute atomic E-state index is 0.229. The van der Waals surface area contributed by atoms with E-state index in [-0.39, 0.29) is 6.54 Å². The predicted molar refractivity (Wildman–Crippen MR) is 56.1 cm³/mol. The van der Waals surface area contributed by atoms with Crippen molar-refractivity contribution < 1.29 is 24.5 Å². The minimum Gasteiger partial charge on any atom is -0.480 e. The number of ether oxygens (including phenoxy) is 1. The highest BCUT2D eigenvalue weighted by Crippen LogP contribution is 2.04. The average Bonchev–Trinajstić information content (AvgIpc) is 2.22. The van der Waals surface area contributed by atoms with Gasteiger partial charge in [0, 0.05) is 13.7 Å². The van der Waals surface area contributed by atoms with Crippen LogP contribution in [-0.4, -0.2) is 54.1 Å². The van der Waals surface area contributed by atoms with E-state index in [9.17, 15) is 9.59 Å². The standard InChI is InChI=1S/C9H18N2O5/c1-9(2,16-3)5-10-8(15)11-6(4-12)7(13)14/h6,12H,4-5H2,1-3H3,(H,13,14)(H2,10,11,15)/t6-/m1/s1. The van der Waals surface area contributed by atoms with Gasteiger partial charge >= 0.3 is 12.0 Å². The highest BCUT2D eigenvalue weighted by Gasteiger charge is 2.21. The quantitative estimate of drug-likeness (QED) is 0.479. The summed E-state index contributed by atoms with van der Waals surface area (Å²) in [5.74, 6) is -1.29. The number of rotatable bonds is 6. The zero-order chi connectivity index (χ0) is 12.8. The van der Waals surface area contributed by atoms with Crippen LogP contribution in [0.25, 0.3) is 0 Å². The van der Waals surface area contributed by atoms with Crippen molar-refractivity contribution in [1.82, 2.24) is 10.6 Å². The fourth-order valence-corrected chi connectivity index (χ4v) is 0.760. The minimum atomic E-state index is -1.30. The summed E-state index contributed by atoms with van der Waals surface area (Å²) in [6.45, 7) is 3.12. The zero-order valence-electron chi connectivity index (χ0n) is 9.61. The molecule has 0 aliphatic rings. The molecule has 0 saturated heterocycles. The van der Waals surface area contributed by atoms with E-state index in [2.05, 4.69) is 10.6 Å². The number of aliphatic hydroxyl groups excluding tert-OH is 1. The smallest absolute Gasteiger partial charge is 0.328 e. The molecule has 7 heteroatoms. The monoisotopic (exact) mass is 234 g/mol. The second-order valence-corrected chi connectivity index (χ2v) is 3.86. The Morgan fingerprint density at radius 1 is 1.44 bits per heavy atom. The molecule has 1 atom stereocenters. The normalized spacial score (nSPS) is 13.0. The molecule has 0 aromatic rings. The molecule has 2 amide bonds. The average molecular weight is 234 g/mol. The Hall–Kier alpha value is -1.34. The van der Waals surface area contributed by atoms with Gasteiger partial charge in [0.1, 0.15) is 0 Å². The lowest BCUT2D eigenvalue weighted by Crippen LogP contribution is -2.50. The largest absolute Gasteiger partial charge is 0.480 e. The van der Waals surface area contributed by atoms with E-state index in [1.165, 1.54) is 7.11 Å². The van der Waals surface area contributed by atoms with Crippen LogP contribution in [0.3, 0.4) is 0 Å². The van der Waals surface area contributed by atoms with Gasteiger partial charge in [0.2, 0.25) is 0 Å². The van der Waals surface area contributed by atoms with Gasteiger partial charge in [-0.1, -0.05) is 0 Å². The van der Waals surface area contributed by atoms with E-state index < -0.39 is 30.3 Å². The second-order valence-electron chi connectivity index (χ2n) is 3.86. The molecule has 4 N–H and O–H groups in total. The highest BCUT2D eigenvalue weighted by molar-refractivity contribution is 5.82. The van der Waals surface area contributed by atoms with Crippen molar-refractivity contribution in [1.29, 1.82) is 0 Å². The Labute approximate surface area is 93.8 Å². The van der Waals surface area contributed by atoms with Crippen molar-refractivity contribution in [3.05, 3.63) is 0 Å². The van der Waals surface area contributed by atoms with Crippen LogP contribution < -0.4 is 10.6 Å². The van der Waals surface area contributed by atoms with Crippen molar-refractivity contribution >= 4 is 12.0 Å². The van der Waals surface area contributed by atoms with E-state index in [0.717, 1.165) is 0 Å². The Morgan fingerprint density at radius 3 is 2.38 bits per heavy atom. The maximum atomic E-state index is 11.2. The van der Waals surface area contributed by atoms with Crippen LogP contribution in [-0.2, 0) is 9.53 Å². The first kappa shape index (κ1) is 14.7. The Kier molecular flexibility index (Phi) is 5.76. The first-order chi connectivity index (χ1) is 7.32. The molecular formula is C9H18N2O5. The Balaban J connectivity index is 4.04. The number of hydrogen-bond donors (Lipinski definition) is 4. The van der Waals surface area contributed by atoms with Crippen molar-refractivity contribution in [2.24, 2.45) is 0 Å². The van der Waals surface area contributed by atoms with Crippen LogP contribution >= 0.6 is 0 Å². The molecule has 0 aromatic carbocycles. The lowest BCUT2D eigenvalue weighted by atomic mass is 10.1. The van der Waals surface area contributed by atoms with E-state index in [1.807, 2.05) is 0 Å². The third kappa shape index (κ3) is 5.52. The third-order valence-electron chi connectivity index (χ3n) is 2.01. The van der Waals surface area contributed by atoms with Gasteiger partial charge in [0.25, 0.3) is 0 Å². The number of carboxylic acid groups (broad SMARTS) is 1. The zero-order valence-corrected chi connectivity index (χ0v) is 9.61. The predicted octanol–water partition coefficient (Wildman–Crippen LogP) is -0.844. The van der Waals surface area contributed by atoms with E-state index >= 15 is 0 Å². The van der Waals surface area contributed by atoms with Crippen LogP contribution in [0.4, 0.5) is 4.79 Å². The van der Waals surface area contributed by atoms with E-state index in [1.54, 1.807) is 13.8 Å². The molecule has 0 radical (unpaired) electrons. The molecule has 0 rings (SSSR count). The fourth-order valence-electron chi connectivity index (χ4n) is 0.760. The summed E-state index contributed by atoms with van der Waals surface area (Å²) in [5, 5.41) is 21.8. The van der Waals surface area contributed by atoms with Crippen molar-refractivity contribution in [2.75, 3.05) is 20.3 Å². The van der Waals surface area contributed by atoms with Crippen molar-refractivity contribution in [2.45, 2.75) is 25.5 Å². The highest BCUT2D eigenvalue weighted by atomic mass is 16.5. The molecule has 0 bridgehead atoms. The summed E-state index contributed by atoms with van der Waals surface area (Å²) < 4.78 is 5.06. The fraction of sp³-hybridized carbons (Fsp3) is 0.778. The molecule has 0 heterocycles. The summed E-state index contributed by atoms with van der Waals surface area (Å²) in [5.41, 5.74) is -0.532. The summed E-state index contributed by atoms with van der Waals surface area (Å²) in [7, 11) is 1.51. The number of methoxy groups -OCH3 is 1. The van der Waals surface area contributed by atoms with Gasteiger partial charge in [-0.15, -0.1) is 0 Å². The molecule has 7 nitrogen and oxygen atoms in total. The van der Waals surface area contributed by atoms with Crippen molar-refractivity contribution in [3.63, 3.8) is 0 Å². The van der Waals surface area contributed by atoms with Gasteiger partial charge in [0.05, 0.1) is 12.2 Å². The van der Waals surface area contributed by atoms with Crippen LogP contribution in [0.5, 0.6) is 0 Å². The van der Waals surface area contributed by atoms with Gasteiger partial charge in [-0.25, -0.2) is 9.59 Å². The first-order valence-corrected chi connectivity index (χ1v) is 4.75. The lowest BCUT2D eigenvalue weighted by molar-refractivity contribution is -0.140. The molecule has 0 fully saturated rings. The Morgan fingerprint density at radius 2 is 2.00 bits per heavy atom. The third-order valence-corrected chi connectivity index (χ3v) is 2.01. The van der Waals surface area contributed by atoms with Crippen LogP contribution in [0, 0.1) is 0 Å². The second kappa shape index (κ2) is 6.29.